The van der Waals surface area contributed by atoms with Gasteiger partial charge in [0.05, 0.1) is 18.4 Å². The molecular formula is C20H21N3O2. The molecule has 25 heavy (non-hydrogen) atoms. The van der Waals surface area contributed by atoms with Crippen LogP contribution in [0.5, 0.6) is 0 Å². The molecule has 0 bridgehead atoms. The molecule has 2 aromatic heterocycles. The molecule has 0 saturated carbocycles. The van der Waals surface area contributed by atoms with Gasteiger partial charge in [0.15, 0.2) is 5.82 Å². The normalized spacial score (nSPS) is 12.0. The van der Waals surface area contributed by atoms with Crippen LogP contribution in [0, 0.1) is 0 Å². The van der Waals surface area contributed by atoms with E-state index < -0.39 is 0 Å². The van der Waals surface area contributed by atoms with Crippen LogP contribution in [0.15, 0.2) is 65.0 Å². The minimum absolute atomic E-state index is 0.0465. The molecule has 5 heteroatoms. The van der Waals surface area contributed by atoms with Crippen molar-refractivity contribution in [2.24, 2.45) is 10.2 Å². The van der Waals surface area contributed by atoms with E-state index in [1.165, 1.54) is 7.11 Å². The van der Waals surface area contributed by atoms with Crippen LogP contribution in [0.25, 0.3) is 5.52 Å². The SMILES string of the molecule is COC(=O)c1ccc(N=Nc2c(C(C)(C)C)cc3ccccn23)cc1. The van der Waals surface area contributed by atoms with Crippen LogP contribution in [0.4, 0.5) is 11.5 Å². The van der Waals surface area contributed by atoms with E-state index in [2.05, 4.69) is 43.1 Å². The fraction of sp³-hybridized carbons (Fsp3) is 0.250. The number of methoxy groups -OCH3 is 1. The van der Waals surface area contributed by atoms with Crippen LogP contribution in [0.2, 0.25) is 0 Å². The number of benzene rings is 1. The van der Waals surface area contributed by atoms with Crippen molar-refractivity contribution >= 4 is 23.0 Å². The predicted molar refractivity (Wildman–Crippen MR) is 98.1 cm³/mol. The van der Waals surface area contributed by atoms with Crippen LogP contribution >= 0.6 is 0 Å². The number of azo groups is 1. The Bertz CT molecular complexity index is 932. The van der Waals surface area contributed by atoms with Crippen LogP contribution in [0.3, 0.4) is 0 Å². The largest absolute Gasteiger partial charge is 0.465 e. The highest BCUT2D eigenvalue weighted by molar-refractivity contribution is 5.89. The van der Waals surface area contributed by atoms with Crippen molar-refractivity contribution in [3.63, 3.8) is 0 Å². The fourth-order valence-electron chi connectivity index (χ4n) is 2.65. The summed E-state index contributed by atoms with van der Waals surface area (Å²) in [6, 6.07) is 15.1. The smallest absolute Gasteiger partial charge is 0.337 e. The fourth-order valence-corrected chi connectivity index (χ4v) is 2.65. The molecule has 0 amide bonds. The van der Waals surface area contributed by atoms with Crippen LogP contribution in [-0.2, 0) is 10.2 Å². The first kappa shape index (κ1) is 16.9. The van der Waals surface area contributed by atoms with Gasteiger partial charge in [-0.15, -0.1) is 10.2 Å². The van der Waals surface area contributed by atoms with Gasteiger partial charge >= 0.3 is 5.97 Å². The second-order valence-corrected chi connectivity index (χ2v) is 6.87. The number of esters is 1. The van der Waals surface area contributed by atoms with E-state index in [4.69, 9.17) is 4.74 Å². The third-order valence-electron chi connectivity index (χ3n) is 4.01. The molecule has 0 atom stereocenters. The Kier molecular flexibility index (Phi) is 4.40. The minimum atomic E-state index is -0.365. The monoisotopic (exact) mass is 335 g/mol. The van der Waals surface area contributed by atoms with Crippen molar-refractivity contribution in [3.05, 3.63) is 65.9 Å². The lowest BCUT2D eigenvalue weighted by atomic mass is 9.88. The Labute approximate surface area is 147 Å². The molecule has 1 aromatic carbocycles. The summed E-state index contributed by atoms with van der Waals surface area (Å²) in [5, 5.41) is 8.85. The summed E-state index contributed by atoms with van der Waals surface area (Å²) in [6.45, 7) is 6.48. The quantitative estimate of drug-likeness (QED) is 0.473. The van der Waals surface area contributed by atoms with Crippen molar-refractivity contribution in [2.75, 3.05) is 7.11 Å². The first-order chi connectivity index (χ1) is 11.9. The summed E-state index contributed by atoms with van der Waals surface area (Å²) in [4.78, 5) is 11.5. The number of pyridine rings is 1. The zero-order valence-electron chi connectivity index (χ0n) is 14.9. The zero-order valence-corrected chi connectivity index (χ0v) is 14.9. The second-order valence-electron chi connectivity index (χ2n) is 6.87. The van der Waals surface area contributed by atoms with Crippen LogP contribution < -0.4 is 0 Å². The third-order valence-corrected chi connectivity index (χ3v) is 4.01. The van der Waals surface area contributed by atoms with Gasteiger partial charge in [-0.2, -0.15) is 0 Å². The highest BCUT2D eigenvalue weighted by Gasteiger charge is 2.21. The molecule has 0 unspecified atom stereocenters. The van der Waals surface area contributed by atoms with E-state index in [1.54, 1.807) is 24.3 Å². The molecule has 0 spiro atoms. The van der Waals surface area contributed by atoms with Gasteiger partial charge in [0.25, 0.3) is 0 Å². The molecule has 0 aliphatic carbocycles. The van der Waals surface area contributed by atoms with Gasteiger partial charge in [-0.3, -0.25) is 0 Å². The number of fused-ring (bicyclic) bond motifs is 1. The van der Waals surface area contributed by atoms with E-state index in [-0.39, 0.29) is 11.4 Å². The van der Waals surface area contributed by atoms with Crippen molar-refractivity contribution in [1.82, 2.24) is 4.40 Å². The number of hydrogen-bond acceptors (Lipinski definition) is 4. The first-order valence-electron chi connectivity index (χ1n) is 8.11. The molecule has 0 N–H and O–H groups in total. The minimum Gasteiger partial charge on any atom is -0.465 e. The van der Waals surface area contributed by atoms with Crippen molar-refractivity contribution in [1.29, 1.82) is 0 Å². The van der Waals surface area contributed by atoms with Gasteiger partial charge in [-0.05, 0) is 47.9 Å². The topological polar surface area (TPSA) is 55.4 Å². The van der Waals surface area contributed by atoms with Crippen molar-refractivity contribution in [2.45, 2.75) is 26.2 Å². The molecule has 0 aliphatic rings. The van der Waals surface area contributed by atoms with E-state index in [0.717, 1.165) is 16.9 Å². The zero-order chi connectivity index (χ0) is 18.0. The second kappa shape index (κ2) is 6.51. The van der Waals surface area contributed by atoms with E-state index in [9.17, 15) is 4.79 Å². The maximum absolute atomic E-state index is 11.5. The van der Waals surface area contributed by atoms with Crippen molar-refractivity contribution < 1.29 is 9.53 Å². The third kappa shape index (κ3) is 3.45. The Morgan fingerprint density at radius 1 is 1.04 bits per heavy atom. The maximum atomic E-state index is 11.5. The lowest BCUT2D eigenvalue weighted by Crippen LogP contribution is -2.09. The molecule has 128 valence electrons. The summed E-state index contributed by atoms with van der Waals surface area (Å²) >= 11 is 0. The van der Waals surface area contributed by atoms with Gasteiger partial charge in [-0.25, -0.2) is 4.79 Å². The summed E-state index contributed by atoms with van der Waals surface area (Å²) in [6.07, 6.45) is 1.99. The molecule has 3 aromatic rings. The number of hydrogen-bond donors (Lipinski definition) is 0. The molecule has 0 radical (unpaired) electrons. The molecule has 5 nitrogen and oxygen atoms in total. The Morgan fingerprint density at radius 2 is 1.76 bits per heavy atom. The summed E-state index contributed by atoms with van der Waals surface area (Å²) in [7, 11) is 1.36. The number of aromatic nitrogens is 1. The summed E-state index contributed by atoms with van der Waals surface area (Å²) in [5.41, 5.74) is 3.34. The molecule has 3 rings (SSSR count). The molecule has 2 heterocycles. The van der Waals surface area contributed by atoms with Gasteiger partial charge < -0.3 is 9.14 Å². The van der Waals surface area contributed by atoms with Crippen molar-refractivity contribution in [3.8, 4) is 0 Å². The highest BCUT2D eigenvalue weighted by Crippen LogP contribution is 2.35. The average molecular weight is 335 g/mol. The predicted octanol–water partition coefficient (Wildman–Crippen LogP) is 5.44. The molecule has 0 saturated heterocycles. The van der Waals surface area contributed by atoms with E-state index >= 15 is 0 Å². The maximum Gasteiger partial charge on any atom is 0.337 e. The average Bonchev–Trinajstić information content (AvgIpc) is 2.99. The lowest BCUT2D eigenvalue weighted by Gasteiger charge is -2.17. The van der Waals surface area contributed by atoms with Gasteiger partial charge in [0.2, 0.25) is 0 Å². The van der Waals surface area contributed by atoms with Gasteiger partial charge in [-0.1, -0.05) is 26.8 Å². The number of ether oxygens (including phenoxy) is 1. The Hall–Kier alpha value is -2.95. The van der Waals surface area contributed by atoms with E-state index in [1.807, 2.05) is 22.7 Å². The Balaban J connectivity index is 1.99. The number of rotatable bonds is 3. The standard InChI is InChI=1S/C20H21N3O2/c1-20(2,3)17-13-16-7-5-6-12-23(16)18(17)22-21-15-10-8-14(9-11-15)19(24)25-4/h5-13H,1-4H3. The first-order valence-corrected chi connectivity index (χ1v) is 8.11. The van der Waals surface area contributed by atoms with Crippen LogP contribution in [-0.4, -0.2) is 17.5 Å². The Morgan fingerprint density at radius 3 is 2.40 bits per heavy atom. The number of nitrogens with zero attached hydrogens (tertiary/aromatic N) is 3. The van der Waals surface area contributed by atoms with E-state index in [0.29, 0.717) is 11.3 Å². The number of carbonyl (C=O) groups excluding carboxylic acids is 1. The van der Waals surface area contributed by atoms with Crippen LogP contribution in [0.1, 0.15) is 36.7 Å². The summed E-state index contributed by atoms with van der Waals surface area (Å²) < 4.78 is 6.73. The molecule has 0 aliphatic heterocycles. The lowest BCUT2D eigenvalue weighted by molar-refractivity contribution is 0.0601. The van der Waals surface area contributed by atoms with Gasteiger partial charge in [0, 0.05) is 17.3 Å². The number of carbonyl (C=O) groups is 1. The highest BCUT2D eigenvalue weighted by atomic mass is 16.5. The van der Waals surface area contributed by atoms with Gasteiger partial charge in [0.1, 0.15) is 0 Å². The summed E-state index contributed by atoms with van der Waals surface area (Å²) in [5.74, 6) is 0.455. The molecular weight excluding hydrogens is 314 g/mol. The molecule has 0 fully saturated rings.